The van der Waals surface area contributed by atoms with Crippen molar-refractivity contribution < 1.29 is 13.2 Å². The predicted molar refractivity (Wildman–Crippen MR) is 94.8 cm³/mol. The summed E-state index contributed by atoms with van der Waals surface area (Å²) < 4.78 is 41.2. The SMILES string of the molecule is FC(F)(F)c1ccnc2cc([C@H]3C[C@@H]3c3cc(Cl)nn4ccnc34)ccc12. The topological polar surface area (TPSA) is 43.1 Å². The molecule has 1 aliphatic carbocycles. The zero-order valence-corrected chi connectivity index (χ0v) is 14.5. The molecular formula is C19H12ClF3N4. The molecule has 0 spiro atoms. The van der Waals surface area contributed by atoms with Crippen LogP contribution >= 0.6 is 11.6 Å². The van der Waals surface area contributed by atoms with Crippen LogP contribution in [0.15, 0.2) is 48.9 Å². The van der Waals surface area contributed by atoms with Gasteiger partial charge in [-0.25, -0.2) is 9.50 Å². The van der Waals surface area contributed by atoms with Crippen LogP contribution in [0.25, 0.3) is 16.6 Å². The molecule has 5 rings (SSSR count). The van der Waals surface area contributed by atoms with Crippen molar-refractivity contribution in [2.75, 3.05) is 0 Å². The van der Waals surface area contributed by atoms with Crippen LogP contribution in [-0.4, -0.2) is 19.6 Å². The first-order valence-electron chi connectivity index (χ1n) is 8.37. The number of hydrogen-bond donors (Lipinski definition) is 0. The van der Waals surface area contributed by atoms with E-state index in [0.29, 0.717) is 10.7 Å². The lowest BCUT2D eigenvalue weighted by atomic mass is 10.0. The van der Waals surface area contributed by atoms with Crippen LogP contribution in [0.2, 0.25) is 5.15 Å². The van der Waals surface area contributed by atoms with E-state index in [2.05, 4.69) is 15.1 Å². The van der Waals surface area contributed by atoms with Crippen molar-refractivity contribution in [3.8, 4) is 0 Å². The van der Waals surface area contributed by atoms with E-state index >= 15 is 0 Å². The number of rotatable bonds is 2. The van der Waals surface area contributed by atoms with Gasteiger partial charge in [0.2, 0.25) is 0 Å². The van der Waals surface area contributed by atoms with Crippen LogP contribution in [0, 0.1) is 0 Å². The predicted octanol–water partition coefficient (Wildman–Crippen LogP) is 5.22. The highest BCUT2D eigenvalue weighted by Crippen LogP contribution is 2.56. The van der Waals surface area contributed by atoms with Crippen molar-refractivity contribution in [2.24, 2.45) is 0 Å². The van der Waals surface area contributed by atoms with E-state index in [1.165, 1.54) is 12.3 Å². The number of benzene rings is 1. The van der Waals surface area contributed by atoms with Crippen LogP contribution < -0.4 is 0 Å². The van der Waals surface area contributed by atoms with Crippen LogP contribution in [0.4, 0.5) is 13.2 Å². The highest BCUT2D eigenvalue weighted by Gasteiger charge is 2.41. The van der Waals surface area contributed by atoms with E-state index < -0.39 is 11.7 Å². The molecular weight excluding hydrogens is 377 g/mol. The van der Waals surface area contributed by atoms with E-state index in [4.69, 9.17) is 11.6 Å². The van der Waals surface area contributed by atoms with E-state index in [0.717, 1.165) is 29.3 Å². The monoisotopic (exact) mass is 388 g/mol. The number of alkyl halides is 3. The minimum atomic E-state index is -4.40. The molecule has 0 saturated heterocycles. The van der Waals surface area contributed by atoms with Crippen molar-refractivity contribution in [3.05, 3.63) is 70.8 Å². The summed E-state index contributed by atoms with van der Waals surface area (Å²) in [6.07, 6.45) is 1.09. The van der Waals surface area contributed by atoms with Crippen molar-refractivity contribution in [1.29, 1.82) is 0 Å². The Balaban J connectivity index is 1.53. The third-order valence-corrected chi connectivity index (χ3v) is 5.23. The lowest BCUT2D eigenvalue weighted by Gasteiger charge is -2.11. The van der Waals surface area contributed by atoms with Gasteiger partial charge in [-0.2, -0.15) is 18.3 Å². The number of halogens is 4. The van der Waals surface area contributed by atoms with Crippen LogP contribution in [0.1, 0.15) is 34.9 Å². The van der Waals surface area contributed by atoms with E-state index in [9.17, 15) is 13.2 Å². The average Bonchev–Trinajstić information content (AvgIpc) is 3.29. The normalized spacial score (nSPS) is 19.7. The standard InChI is InChI=1S/C19H12ClF3N4/c20-17-9-14(18-25-5-6-27(18)26-17)13-8-12(13)10-1-2-11-15(19(21,22)23)3-4-24-16(11)7-10/h1-7,9,12-13H,8H2/t12-,13+/m1/s1. The van der Waals surface area contributed by atoms with Gasteiger partial charge in [0.25, 0.3) is 0 Å². The van der Waals surface area contributed by atoms with Crippen molar-refractivity contribution >= 4 is 28.2 Å². The smallest absolute Gasteiger partial charge is 0.256 e. The Morgan fingerprint density at radius 3 is 2.70 bits per heavy atom. The summed E-state index contributed by atoms with van der Waals surface area (Å²) in [6.45, 7) is 0. The molecule has 0 N–H and O–H groups in total. The van der Waals surface area contributed by atoms with Gasteiger partial charge < -0.3 is 0 Å². The minimum Gasteiger partial charge on any atom is -0.256 e. The highest BCUT2D eigenvalue weighted by atomic mass is 35.5. The molecule has 8 heteroatoms. The molecule has 1 aromatic carbocycles. The Bertz CT molecular complexity index is 1180. The number of aromatic nitrogens is 4. The van der Waals surface area contributed by atoms with Gasteiger partial charge in [-0.3, -0.25) is 4.98 Å². The zero-order chi connectivity index (χ0) is 18.8. The van der Waals surface area contributed by atoms with Gasteiger partial charge in [0.1, 0.15) is 5.15 Å². The summed E-state index contributed by atoms with van der Waals surface area (Å²) in [7, 11) is 0. The first-order chi connectivity index (χ1) is 12.9. The molecule has 27 heavy (non-hydrogen) atoms. The molecule has 2 atom stereocenters. The first kappa shape index (κ1) is 16.5. The molecule has 3 heterocycles. The fraction of sp³-hybridized carbons (Fsp3) is 0.211. The van der Waals surface area contributed by atoms with Crippen LogP contribution in [0.3, 0.4) is 0 Å². The molecule has 4 aromatic rings. The minimum absolute atomic E-state index is 0.119. The molecule has 0 bridgehead atoms. The molecule has 136 valence electrons. The van der Waals surface area contributed by atoms with Gasteiger partial charge in [0.05, 0.1) is 11.1 Å². The Morgan fingerprint density at radius 2 is 1.89 bits per heavy atom. The molecule has 1 fully saturated rings. The lowest BCUT2D eigenvalue weighted by molar-refractivity contribution is -0.136. The third kappa shape index (κ3) is 2.73. The number of fused-ring (bicyclic) bond motifs is 2. The lowest BCUT2D eigenvalue weighted by Crippen LogP contribution is -2.06. The number of imidazole rings is 1. The largest absolute Gasteiger partial charge is 0.417 e. The number of nitrogens with zero attached hydrogens (tertiary/aromatic N) is 4. The Labute approximate surface area is 156 Å². The summed E-state index contributed by atoms with van der Waals surface area (Å²) in [5.74, 6) is 0.406. The molecule has 3 aromatic heterocycles. The van der Waals surface area contributed by atoms with Gasteiger partial charge >= 0.3 is 6.18 Å². The second kappa shape index (κ2) is 5.66. The quantitative estimate of drug-likeness (QED) is 0.473. The first-order valence-corrected chi connectivity index (χ1v) is 8.75. The van der Waals surface area contributed by atoms with Crippen molar-refractivity contribution in [2.45, 2.75) is 24.4 Å². The maximum atomic E-state index is 13.2. The molecule has 0 radical (unpaired) electrons. The Hall–Kier alpha value is -2.67. The van der Waals surface area contributed by atoms with Gasteiger partial charge in [0.15, 0.2) is 5.65 Å². The van der Waals surface area contributed by atoms with E-state index in [1.807, 2.05) is 6.07 Å². The summed E-state index contributed by atoms with van der Waals surface area (Å²) >= 11 is 6.11. The maximum Gasteiger partial charge on any atom is 0.417 e. The number of pyridine rings is 1. The van der Waals surface area contributed by atoms with Gasteiger partial charge in [-0.1, -0.05) is 23.7 Å². The van der Waals surface area contributed by atoms with Crippen LogP contribution in [-0.2, 0) is 6.18 Å². The Morgan fingerprint density at radius 1 is 1.04 bits per heavy atom. The summed E-state index contributed by atoms with van der Waals surface area (Å²) in [5.41, 5.74) is 2.42. The zero-order valence-electron chi connectivity index (χ0n) is 13.8. The number of hydrogen-bond acceptors (Lipinski definition) is 3. The molecule has 1 saturated carbocycles. The fourth-order valence-corrected chi connectivity index (χ4v) is 3.93. The maximum absolute atomic E-state index is 13.2. The van der Waals surface area contributed by atoms with Crippen molar-refractivity contribution in [1.82, 2.24) is 19.6 Å². The second-order valence-corrected chi connectivity index (χ2v) is 7.09. The molecule has 4 nitrogen and oxygen atoms in total. The van der Waals surface area contributed by atoms with Crippen LogP contribution in [0.5, 0.6) is 0 Å². The fourth-order valence-electron chi connectivity index (χ4n) is 3.73. The van der Waals surface area contributed by atoms with E-state index in [1.54, 1.807) is 29.0 Å². The molecule has 0 unspecified atom stereocenters. The second-order valence-electron chi connectivity index (χ2n) is 6.70. The Kier molecular flexibility index (Phi) is 3.46. The summed E-state index contributed by atoms with van der Waals surface area (Å²) in [6, 6.07) is 7.85. The van der Waals surface area contributed by atoms with Gasteiger partial charge in [-0.05, 0) is 42.0 Å². The molecule has 0 amide bonds. The highest BCUT2D eigenvalue weighted by molar-refractivity contribution is 6.29. The average molecular weight is 389 g/mol. The molecule has 1 aliphatic rings. The van der Waals surface area contributed by atoms with Gasteiger partial charge in [-0.15, -0.1) is 0 Å². The van der Waals surface area contributed by atoms with Gasteiger partial charge in [0, 0.05) is 29.5 Å². The summed E-state index contributed by atoms with van der Waals surface area (Å²) in [5, 5.41) is 4.69. The van der Waals surface area contributed by atoms with Crippen molar-refractivity contribution in [3.63, 3.8) is 0 Å². The molecule has 0 aliphatic heterocycles. The van der Waals surface area contributed by atoms with E-state index in [-0.39, 0.29) is 17.2 Å². The third-order valence-electron chi connectivity index (χ3n) is 5.05. The summed E-state index contributed by atoms with van der Waals surface area (Å²) in [4.78, 5) is 8.47.